The van der Waals surface area contributed by atoms with Crippen molar-refractivity contribution in [3.63, 3.8) is 0 Å². The number of likely N-dealkylation sites (N-methyl/N-ethyl adjacent to an activating group) is 1. The molecule has 2 heterocycles. The van der Waals surface area contributed by atoms with Crippen LogP contribution in [0, 0.1) is 6.92 Å². The first-order valence-electron chi connectivity index (χ1n) is 14.4. The Morgan fingerprint density at radius 2 is 1.74 bits per heavy atom. The van der Waals surface area contributed by atoms with Gasteiger partial charge in [-0.3, -0.25) is 14.6 Å². The van der Waals surface area contributed by atoms with Crippen LogP contribution in [0.3, 0.4) is 0 Å². The van der Waals surface area contributed by atoms with Gasteiger partial charge in [0.15, 0.2) is 0 Å². The van der Waals surface area contributed by atoms with Gasteiger partial charge in [0, 0.05) is 67.1 Å². The van der Waals surface area contributed by atoms with Gasteiger partial charge < -0.3 is 20.2 Å². The molecule has 4 rings (SSSR count). The first kappa shape index (κ1) is 34.5. The average Bonchev–Trinajstić information content (AvgIpc) is 3.44. The van der Waals surface area contributed by atoms with E-state index in [1.54, 1.807) is 31.3 Å². The molecule has 2 aromatic heterocycles. The van der Waals surface area contributed by atoms with Gasteiger partial charge in [-0.25, -0.2) is 22.5 Å². The highest BCUT2D eigenvalue weighted by Gasteiger charge is 2.28. The van der Waals surface area contributed by atoms with Crippen molar-refractivity contribution in [3.05, 3.63) is 111 Å². The zero-order valence-electron chi connectivity index (χ0n) is 25.8. The molecule has 2 N–H and O–H groups in total. The van der Waals surface area contributed by atoms with Crippen LogP contribution < -0.4 is 10.2 Å². The molecule has 0 aliphatic rings. The third-order valence-corrected chi connectivity index (χ3v) is 8.27. The summed E-state index contributed by atoms with van der Waals surface area (Å²) in [6.07, 6.45) is -1.56. The second-order valence-corrected chi connectivity index (χ2v) is 12.2. The van der Waals surface area contributed by atoms with Gasteiger partial charge in [-0.05, 0) is 43.2 Å². The van der Waals surface area contributed by atoms with Crippen molar-refractivity contribution in [1.29, 1.82) is 0 Å². The highest BCUT2D eigenvalue weighted by Crippen LogP contribution is 2.29. The van der Waals surface area contributed by atoms with Gasteiger partial charge in [0.2, 0.25) is 0 Å². The van der Waals surface area contributed by atoms with Gasteiger partial charge in [-0.15, -0.1) is 11.3 Å². The van der Waals surface area contributed by atoms with Crippen LogP contribution in [-0.4, -0.2) is 64.6 Å². The molecular formula is C33H35F4N5O3S. The summed E-state index contributed by atoms with van der Waals surface area (Å²) in [6.45, 7) is 2.65. The Bertz CT molecular complexity index is 1650. The van der Waals surface area contributed by atoms with Gasteiger partial charge in [-0.2, -0.15) is 0 Å². The molecule has 0 aliphatic heterocycles. The quantitative estimate of drug-likeness (QED) is 0.171. The summed E-state index contributed by atoms with van der Waals surface area (Å²) < 4.78 is 55.7. The summed E-state index contributed by atoms with van der Waals surface area (Å²) in [6, 6.07) is 12.7. The molecule has 0 saturated heterocycles. The summed E-state index contributed by atoms with van der Waals surface area (Å²) in [5, 5.41) is 16.6. The molecule has 0 radical (unpaired) electrons. The van der Waals surface area contributed by atoms with Gasteiger partial charge in [0.05, 0.1) is 30.6 Å². The van der Waals surface area contributed by atoms with Crippen LogP contribution in [0.2, 0.25) is 0 Å². The van der Waals surface area contributed by atoms with Crippen molar-refractivity contribution in [1.82, 2.24) is 20.2 Å². The van der Waals surface area contributed by atoms with Crippen molar-refractivity contribution >= 4 is 28.8 Å². The minimum Gasteiger partial charge on any atom is -0.389 e. The number of aryl methyl sites for hydroxylation is 1. The molecule has 244 valence electrons. The molecule has 0 bridgehead atoms. The molecule has 2 amide bonds. The second-order valence-electron chi connectivity index (χ2n) is 11.2. The van der Waals surface area contributed by atoms with E-state index in [2.05, 4.69) is 15.3 Å². The first-order valence-corrected chi connectivity index (χ1v) is 15.3. The molecule has 2 aromatic carbocycles. The highest BCUT2D eigenvalue weighted by atomic mass is 32.1. The number of hydrogen-bond donors (Lipinski definition) is 2. The number of carbonyl (C=O) groups is 2. The van der Waals surface area contributed by atoms with Gasteiger partial charge in [0.25, 0.3) is 24.2 Å². The molecule has 0 saturated carbocycles. The van der Waals surface area contributed by atoms with E-state index in [0.717, 1.165) is 36.5 Å². The lowest BCUT2D eigenvalue weighted by Crippen LogP contribution is -2.49. The zero-order chi connectivity index (χ0) is 33.6. The summed E-state index contributed by atoms with van der Waals surface area (Å²) in [4.78, 5) is 37.9. The first-order chi connectivity index (χ1) is 21.7. The number of rotatable bonds is 13. The standard InChI is InChI=1S/C33H35F4N5O3S/c1-20-19-46-29(39-20)18-42(4)32(45)24-12-22(30(34)35)11-23(13-24)31(44)40-27(10-21-8-6-5-7-9-21)28(43)17-41(3)26-14-25(15-38-16-26)33(2,36)37/h5-9,11-16,19,27-28,30,43H,10,17-18H2,1-4H3,(H,40,44)/t27-,28+/m0/s1. The van der Waals surface area contributed by atoms with Crippen LogP contribution in [0.5, 0.6) is 0 Å². The third kappa shape index (κ3) is 9.10. The van der Waals surface area contributed by atoms with Crippen LogP contribution in [-0.2, 0) is 18.9 Å². The highest BCUT2D eigenvalue weighted by molar-refractivity contribution is 7.09. The molecule has 0 aliphatic carbocycles. The predicted octanol–water partition coefficient (Wildman–Crippen LogP) is 6.01. The molecule has 8 nitrogen and oxygen atoms in total. The number of benzene rings is 2. The maximum atomic E-state index is 13.9. The minimum atomic E-state index is -3.12. The molecule has 4 aromatic rings. The average molecular weight is 658 g/mol. The normalized spacial score (nSPS) is 12.9. The topological polar surface area (TPSA) is 98.7 Å². The van der Waals surface area contributed by atoms with Crippen molar-refractivity contribution in [2.45, 2.75) is 51.3 Å². The fraction of sp³-hybridized carbons (Fsp3) is 0.333. The molecular weight excluding hydrogens is 622 g/mol. The van der Waals surface area contributed by atoms with E-state index in [1.807, 2.05) is 18.4 Å². The summed E-state index contributed by atoms with van der Waals surface area (Å²) in [7, 11) is 3.11. The molecule has 0 fully saturated rings. The van der Waals surface area contributed by atoms with E-state index < -0.39 is 41.9 Å². The summed E-state index contributed by atoms with van der Waals surface area (Å²) >= 11 is 1.37. The molecule has 13 heteroatoms. The van der Waals surface area contributed by atoms with Crippen LogP contribution in [0.4, 0.5) is 23.2 Å². The van der Waals surface area contributed by atoms with E-state index in [0.29, 0.717) is 10.7 Å². The fourth-order valence-electron chi connectivity index (χ4n) is 4.80. The minimum absolute atomic E-state index is 0.0833. The van der Waals surface area contributed by atoms with Crippen molar-refractivity contribution in [2.24, 2.45) is 0 Å². The number of amides is 2. The Morgan fingerprint density at radius 3 is 2.37 bits per heavy atom. The van der Waals surface area contributed by atoms with Gasteiger partial charge in [0.1, 0.15) is 5.01 Å². The van der Waals surface area contributed by atoms with Crippen LogP contribution >= 0.6 is 11.3 Å². The predicted molar refractivity (Wildman–Crippen MR) is 169 cm³/mol. The Kier molecular flexibility index (Phi) is 11.1. The third-order valence-electron chi connectivity index (χ3n) is 7.31. The Labute approximate surface area is 268 Å². The Balaban J connectivity index is 1.58. The van der Waals surface area contributed by atoms with Crippen molar-refractivity contribution in [3.8, 4) is 0 Å². The lowest BCUT2D eigenvalue weighted by Gasteiger charge is -2.29. The van der Waals surface area contributed by atoms with Crippen molar-refractivity contribution in [2.75, 3.05) is 25.5 Å². The Morgan fingerprint density at radius 1 is 1.04 bits per heavy atom. The largest absolute Gasteiger partial charge is 0.389 e. The maximum absolute atomic E-state index is 13.9. The number of pyridine rings is 1. The number of hydrogen-bond acceptors (Lipinski definition) is 7. The number of anilines is 1. The lowest BCUT2D eigenvalue weighted by molar-refractivity contribution is 0.0171. The molecule has 2 atom stereocenters. The molecule has 0 spiro atoms. The lowest BCUT2D eigenvalue weighted by atomic mass is 9.99. The van der Waals surface area contributed by atoms with E-state index in [-0.39, 0.29) is 36.2 Å². The number of alkyl halides is 4. The SMILES string of the molecule is Cc1csc(CN(C)C(=O)c2cc(C(=O)N[C@@H](Cc3ccccc3)[C@H](O)CN(C)c3cncc(C(C)(F)F)c3)cc(C(F)F)c2)n1. The van der Waals surface area contributed by atoms with Crippen molar-refractivity contribution < 1.29 is 32.3 Å². The molecule has 46 heavy (non-hydrogen) atoms. The summed E-state index contributed by atoms with van der Waals surface area (Å²) in [5.74, 6) is -4.46. The fourth-order valence-corrected chi connectivity index (χ4v) is 5.62. The van der Waals surface area contributed by atoms with E-state index >= 15 is 0 Å². The number of nitrogens with one attached hydrogen (secondary N) is 1. The number of carbonyl (C=O) groups excluding carboxylic acids is 2. The number of aliphatic hydroxyl groups excluding tert-OH is 1. The number of halogens is 4. The van der Waals surface area contributed by atoms with E-state index in [1.165, 1.54) is 46.5 Å². The summed E-state index contributed by atoms with van der Waals surface area (Å²) in [5.41, 5.74) is 0.823. The molecule has 0 unspecified atom stereocenters. The monoisotopic (exact) mass is 657 g/mol. The van der Waals surface area contributed by atoms with E-state index in [4.69, 9.17) is 0 Å². The number of aliphatic hydroxyl groups is 1. The second kappa shape index (κ2) is 14.8. The van der Waals surface area contributed by atoms with Gasteiger partial charge in [-0.1, -0.05) is 30.3 Å². The number of thiazole rings is 1. The smallest absolute Gasteiger partial charge is 0.272 e. The Hall–Kier alpha value is -4.36. The van der Waals surface area contributed by atoms with E-state index in [9.17, 15) is 32.3 Å². The zero-order valence-corrected chi connectivity index (χ0v) is 26.6. The number of aromatic nitrogens is 2. The van der Waals surface area contributed by atoms with Crippen LogP contribution in [0.1, 0.15) is 61.5 Å². The van der Waals surface area contributed by atoms with Crippen LogP contribution in [0.25, 0.3) is 0 Å². The maximum Gasteiger partial charge on any atom is 0.272 e. The van der Waals surface area contributed by atoms with Crippen LogP contribution in [0.15, 0.2) is 72.4 Å². The van der Waals surface area contributed by atoms with Gasteiger partial charge >= 0.3 is 0 Å². The number of nitrogens with zero attached hydrogens (tertiary/aromatic N) is 4.